The normalized spacial score (nSPS) is 24.0. The number of hydrogen-bond donors (Lipinski definition) is 1. The van der Waals surface area contributed by atoms with Gasteiger partial charge in [0.2, 0.25) is 10.6 Å². The Kier molecular flexibility index (Phi) is 27.2. The molecule has 1 N–H and O–H groups in total. The number of carbonyl (C=O) groups is 2. The zero-order chi connectivity index (χ0) is 82.4. The molecule has 113 heavy (non-hydrogen) atoms. The highest BCUT2D eigenvalue weighted by Gasteiger charge is 2.60. The van der Waals surface area contributed by atoms with Crippen LogP contribution in [0.25, 0.3) is 11.0 Å². The van der Waals surface area contributed by atoms with Gasteiger partial charge < -0.3 is 75.8 Å². The molecule has 4 saturated heterocycles. The van der Waals surface area contributed by atoms with Crippen LogP contribution in [0, 0.1) is 0 Å². The zero-order valence-electron chi connectivity index (χ0n) is 69.4. The number of ether oxygens (including phenoxy) is 13. The summed E-state index contributed by atoms with van der Waals surface area (Å²) >= 11 is 13.2. The maximum absolute atomic E-state index is 14.1. The average Bonchev–Trinajstić information content (AvgIpc) is 1.59. The van der Waals surface area contributed by atoms with Crippen LogP contribution < -0.4 is 9.80 Å². The molecule has 2 amide bonds. The van der Waals surface area contributed by atoms with E-state index in [4.69, 9.17) is 84.8 Å². The molecule has 0 bridgehead atoms. The summed E-state index contributed by atoms with van der Waals surface area (Å²) in [5.74, 6) is -0.602. The Hall–Kier alpha value is -5.09. The molecular formula is C73H118Cl2N16O18P2Si2. The number of amides is 2. The summed E-state index contributed by atoms with van der Waals surface area (Å²) in [5, 5.41) is 42.6. The summed E-state index contributed by atoms with van der Waals surface area (Å²) < 4.78 is 113. The summed E-state index contributed by atoms with van der Waals surface area (Å²) in [6.07, 6.45) is 1.04. The molecule has 40 heteroatoms. The first-order valence-electron chi connectivity index (χ1n) is 39.0. The number of hydrogen-bond acceptors (Lipinski definition) is 28. The monoisotopic (exact) mass is 1690 g/mol. The maximum atomic E-state index is 14.1. The molecule has 0 spiro atoms. The van der Waals surface area contributed by atoms with Crippen LogP contribution in [0.3, 0.4) is 0 Å². The van der Waals surface area contributed by atoms with E-state index in [1.54, 1.807) is 45.5 Å². The molecule has 12 rings (SSSR count). The summed E-state index contributed by atoms with van der Waals surface area (Å²) in [4.78, 5) is 42.6. The lowest BCUT2D eigenvalue weighted by molar-refractivity contribution is -0.197. The van der Waals surface area contributed by atoms with Gasteiger partial charge in [0.1, 0.15) is 85.4 Å². The van der Waals surface area contributed by atoms with E-state index in [0.717, 1.165) is 63.5 Å². The Morgan fingerprint density at radius 2 is 0.956 bits per heavy atom. The number of anilines is 2. The van der Waals surface area contributed by atoms with Gasteiger partial charge in [-0.2, -0.15) is 9.97 Å². The Bertz CT molecular complexity index is 4370. The first-order valence-corrected chi connectivity index (χ1v) is 52.4. The lowest BCUT2D eigenvalue weighted by Crippen LogP contribution is -2.44. The third-order valence-corrected chi connectivity index (χ3v) is 29.3. The number of aromatic nitrogens is 14. The summed E-state index contributed by atoms with van der Waals surface area (Å²) in [6, 6.07) is 9.18. The second-order valence-electron chi connectivity index (χ2n) is 36.4. The molecule has 2 aliphatic carbocycles. The van der Waals surface area contributed by atoms with E-state index in [-0.39, 0.29) is 74.6 Å². The van der Waals surface area contributed by atoms with Crippen LogP contribution in [0.4, 0.5) is 21.2 Å². The van der Waals surface area contributed by atoms with Gasteiger partial charge in [0.15, 0.2) is 59.0 Å². The predicted octanol–water partition coefficient (Wildman–Crippen LogP) is 12.4. The maximum Gasteiger partial charge on any atom is 0.416 e. The molecular weight excluding hydrogens is 1580 g/mol. The number of tetrazole rings is 2. The molecule has 0 radical (unpaired) electrons. The first-order chi connectivity index (χ1) is 52.7. The molecule has 34 nitrogen and oxygen atoms in total. The fraction of sp³-hybridized carbons (Fsp3) is 0.781. The van der Waals surface area contributed by atoms with Crippen LogP contribution in [-0.2, 0) is 97.0 Å². The van der Waals surface area contributed by atoms with E-state index in [0.29, 0.717) is 53.1 Å². The predicted molar refractivity (Wildman–Crippen MR) is 427 cm³/mol. The van der Waals surface area contributed by atoms with Crippen molar-refractivity contribution in [3.8, 4) is 0 Å². The topological polar surface area (TPSA) is 363 Å². The van der Waals surface area contributed by atoms with Gasteiger partial charge >= 0.3 is 12.2 Å². The number of rotatable bonds is 31. The highest BCUT2D eigenvalue weighted by atomic mass is 35.5. The number of aliphatic hydroxyl groups excluding tert-OH is 1. The second-order valence-corrected chi connectivity index (χ2v) is 55.4. The fourth-order valence-electron chi connectivity index (χ4n) is 15.0. The van der Waals surface area contributed by atoms with Crippen molar-refractivity contribution >= 4 is 88.5 Å². The molecule has 630 valence electrons. The van der Waals surface area contributed by atoms with Gasteiger partial charge in [0, 0.05) is 61.4 Å². The van der Waals surface area contributed by atoms with Crippen LogP contribution >= 0.6 is 37.5 Å². The molecule has 0 aromatic carbocycles. The van der Waals surface area contributed by atoms with Gasteiger partial charge in [0.05, 0.1) is 37.8 Å². The van der Waals surface area contributed by atoms with Crippen molar-refractivity contribution < 1.29 is 85.4 Å². The quantitative estimate of drug-likeness (QED) is 0.0240. The van der Waals surface area contributed by atoms with Crippen molar-refractivity contribution in [1.82, 2.24) is 69.6 Å². The van der Waals surface area contributed by atoms with Crippen LogP contribution in [0.1, 0.15) is 156 Å². The standard InChI is InChI=1S/C37H60ClN8O9PSi.C36H58ClN8O9PSi/c1-35(2,3)55-34(47)45(24-14-12-13-15-24)32-26-17-16-25(46(26)42-33(38)39-32)29-31-30(53-36(4,5)54-31)27(52-29)21-51-37(22-49-6,56(7,8)48)20-28-40-43-44(41-28)23-50-18-19-57(9,10)11;1-34(2,3)54-33(47)44(23-13-11-12-14-23)31-25-16-15-24(45(25)41-32(37)38-31)28-30-29(52-35(4,5)53-30)26(51-28)20-50-36(21-46,55(6,7)48)19-27-39-42-43(40-27)22-49-17-18-56(8,9)10/h16-17,24,27,29-31H,12-15,18-23H2,1-11H3;15-16,23,26,28-30,46H,11-14,17-22H2,1-10H3/t27-,29-,30-,31+,37-;26-,28-,29-,30+,36-/m11/s1. The second kappa shape index (κ2) is 34.7. The number of halogens is 2. The molecule has 4 aliphatic heterocycles. The van der Waals surface area contributed by atoms with E-state index in [9.17, 15) is 23.8 Å². The Morgan fingerprint density at radius 3 is 1.31 bits per heavy atom. The molecule has 6 aromatic rings. The third kappa shape index (κ3) is 21.5. The Balaban J connectivity index is 0.000000223. The minimum absolute atomic E-state index is 0.00228. The van der Waals surface area contributed by atoms with Gasteiger partial charge in [-0.3, -0.25) is 9.80 Å². The number of fused-ring (bicyclic) bond motifs is 4. The lowest BCUT2D eigenvalue weighted by Gasteiger charge is -2.37. The SMILES string of the molecule is CC(C)(C)OC(=O)N(c1nc(Cl)nn2c([C@H]3O[C@H](CO[C@](CO)(Cc4nnn(COCC[Si](C)(C)C)n4)P(C)(C)=O)[C@H]4OC(C)(C)O[C@H]43)ccc12)C1CCCC1.COC[C@](Cc1nnn(COCC[Si](C)(C)C)n1)(OC[C@H]1O[C@H](c2ccc3c(N(C(=O)OC(C)(C)C)C4CCCC4)nc(Cl)nn23)[C@@H]2OC(C)(C)O[C@@H]21)P(C)(C)=O. The largest absolute Gasteiger partial charge is 0.443 e. The van der Waals surface area contributed by atoms with Gasteiger partial charge in [-0.05, 0) is 192 Å². The number of aliphatic hydroxyl groups is 1. The molecule has 6 aliphatic rings. The van der Waals surface area contributed by atoms with E-state index in [1.165, 1.54) is 16.7 Å². The van der Waals surface area contributed by atoms with E-state index < -0.39 is 132 Å². The first kappa shape index (κ1) is 88.7. The van der Waals surface area contributed by atoms with E-state index in [2.05, 4.69) is 90.3 Å². The van der Waals surface area contributed by atoms with E-state index >= 15 is 0 Å². The minimum atomic E-state index is -3.19. The van der Waals surface area contributed by atoms with Crippen LogP contribution in [-0.4, -0.2) is 259 Å². The van der Waals surface area contributed by atoms with Crippen molar-refractivity contribution in [3.05, 3.63) is 57.9 Å². The van der Waals surface area contributed by atoms with Crippen molar-refractivity contribution in [2.45, 2.75) is 293 Å². The zero-order valence-corrected chi connectivity index (χ0v) is 74.7. The van der Waals surface area contributed by atoms with Gasteiger partial charge in [0.25, 0.3) is 0 Å². The number of methoxy groups -OCH3 is 1. The lowest BCUT2D eigenvalue weighted by atomic mass is 10.1. The van der Waals surface area contributed by atoms with Crippen molar-refractivity contribution in [2.24, 2.45) is 0 Å². The highest BCUT2D eigenvalue weighted by Crippen LogP contribution is 2.57. The number of nitrogens with zero attached hydrogens (tertiary/aromatic N) is 16. The van der Waals surface area contributed by atoms with Crippen LogP contribution in [0.2, 0.25) is 61.9 Å². The Morgan fingerprint density at radius 1 is 0.584 bits per heavy atom. The summed E-state index contributed by atoms with van der Waals surface area (Å²) in [5.41, 5.74) is 0.878. The van der Waals surface area contributed by atoms with Crippen molar-refractivity contribution in [1.29, 1.82) is 0 Å². The van der Waals surface area contributed by atoms with Crippen LogP contribution in [0.5, 0.6) is 0 Å². The molecule has 10 heterocycles. The molecule has 2 saturated carbocycles. The van der Waals surface area contributed by atoms with E-state index in [1.807, 2.05) is 93.5 Å². The van der Waals surface area contributed by atoms with Gasteiger partial charge in [-0.25, -0.2) is 18.6 Å². The number of carbonyl (C=O) groups excluding carboxylic acids is 2. The van der Waals surface area contributed by atoms with Crippen LogP contribution in [0.15, 0.2) is 24.3 Å². The minimum Gasteiger partial charge on any atom is -0.443 e. The molecule has 6 aromatic heterocycles. The molecule has 0 unspecified atom stereocenters. The van der Waals surface area contributed by atoms with Crippen molar-refractivity contribution in [3.63, 3.8) is 0 Å². The van der Waals surface area contributed by atoms with Gasteiger partial charge in [-0.15, -0.1) is 40.2 Å². The fourth-order valence-corrected chi connectivity index (χ4v) is 19.4. The average molecular weight is 1700 g/mol. The van der Waals surface area contributed by atoms with Crippen molar-refractivity contribution in [2.75, 3.05) is 83.2 Å². The Labute approximate surface area is 673 Å². The highest BCUT2D eigenvalue weighted by molar-refractivity contribution is 7.64. The molecule has 10 atom stereocenters. The molecule has 6 fully saturated rings. The third-order valence-electron chi connectivity index (χ3n) is 20.8. The van der Waals surface area contributed by atoms with Gasteiger partial charge in [-0.1, -0.05) is 65.0 Å². The smallest absolute Gasteiger partial charge is 0.416 e. The summed E-state index contributed by atoms with van der Waals surface area (Å²) in [7, 11) is -7.25. The summed E-state index contributed by atoms with van der Waals surface area (Å²) in [6.45, 7) is 39.3.